The molecule has 0 unspecified atom stereocenters. The van der Waals surface area contributed by atoms with E-state index in [1.54, 1.807) is 30.3 Å². The number of benzene rings is 2. The first-order valence-electron chi connectivity index (χ1n) is 7.56. The number of anilines is 1. The highest BCUT2D eigenvalue weighted by Crippen LogP contribution is 2.31. The lowest BCUT2D eigenvalue weighted by Crippen LogP contribution is -2.21. The van der Waals surface area contributed by atoms with Crippen molar-refractivity contribution in [3.05, 3.63) is 53.6 Å². The highest BCUT2D eigenvalue weighted by Gasteiger charge is 2.12. The molecule has 6 heteroatoms. The summed E-state index contributed by atoms with van der Waals surface area (Å²) in [5.41, 5.74) is 0.405. The zero-order valence-corrected chi connectivity index (χ0v) is 14.0. The van der Waals surface area contributed by atoms with Crippen LogP contribution in [0.5, 0.6) is 11.5 Å². The molecule has 0 bridgehead atoms. The molecule has 0 saturated heterocycles. The van der Waals surface area contributed by atoms with Gasteiger partial charge in [-0.15, -0.1) is 0 Å². The van der Waals surface area contributed by atoms with Crippen molar-refractivity contribution >= 4 is 29.2 Å². The average molecular weight is 348 g/mol. The molecule has 0 aliphatic rings. The van der Waals surface area contributed by atoms with E-state index >= 15 is 0 Å². The first-order chi connectivity index (χ1) is 11.6. The molecule has 0 spiro atoms. The van der Waals surface area contributed by atoms with Gasteiger partial charge in [-0.2, -0.15) is 0 Å². The predicted molar refractivity (Wildman–Crippen MR) is 92.5 cm³/mol. The first-order valence-corrected chi connectivity index (χ1v) is 7.94. The SMILES string of the molecule is CCCC(=O)OCC(=O)Nc1cc(Cl)ccc1Oc1ccccc1. The van der Waals surface area contributed by atoms with Crippen molar-refractivity contribution in [1.29, 1.82) is 0 Å². The number of hydrogen-bond donors (Lipinski definition) is 1. The van der Waals surface area contributed by atoms with E-state index in [4.69, 9.17) is 21.1 Å². The minimum atomic E-state index is -0.459. The Morgan fingerprint density at radius 2 is 1.88 bits per heavy atom. The van der Waals surface area contributed by atoms with Crippen LogP contribution in [-0.2, 0) is 14.3 Å². The zero-order valence-electron chi connectivity index (χ0n) is 13.3. The Morgan fingerprint density at radius 3 is 2.58 bits per heavy atom. The van der Waals surface area contributed by atoms with Crippen LogP contribution in [0, 0.1) is 0 Å². The van der Waals surface area contributed by atoms with Crippen LogP contribution in [-0.4, -0.2) is 18.5 Å². The topological polar surface area (TPSA) is 64.6 Å². The van der Waals surface area contributed by atoms with Crippen LogP contribution in [0.2, 0.25) is 5.02 Å². The lowest BCUT2D eigenvalue weighted by molar-refractivity contribution is -0.147. The quantitative estimate of drug-likeness (QED) is 0.753. The second-order valence-corrected chi connectivity index (χ2v) is 5.45. The van der Waals surface area contributed by atoms with Crippen molar-refractivity contribution in [1.82, 2.24) is 0 Å². The molecule has 1 N–H and O–H groups in total. The molecule has 0 saturated carbocycles. The van der Waals surface area contributed by atoms with Crippen LogP contribution >= 0.6 is 11.6 Å². The number of para-hydroxylation sites is 1. The van der Waals surface area contributed by atoms with Crippen LogP contribution in [0.15, 0.2) is 48.5 Å². The lowest BCUT2D eigenvalue weighted by atomic mass is 10.2. The highest BCUT2D eigenvalue weighted by molar-refractivity contribution is 6.31. The number of hydrogen-bond acceptors (Lipinski definition) is 4. The normalized spacial score (nSPS) is 10.1. The Kier molecular flexibility index (Phi) is 6.63. The van der Waals surface area contributed by atoms with Gasteiger partial charge in [0.1, 0.15) is 5.75 Å². The standard InChI is InChI=1S/C18H18ClNO4/c1-2-6-18(22)23-12-17(21)20-15-11-13(19)9-10-16(15)24-14-7-4-3-5-8-14/h3-5,7-11H,2,6,12H2,1H3,(H,20,21). The molecule has 0 fully saturated rings. The maximum atomic E-state index is 12.0. The van der Waals surface area contributed by atoms with E-state index in [0.717, 1.165) is 0 Å². The third-order valence-electron chi connectivity index (χ3n) is 3.01. The Bertz CT molecular complexity index is 703. The van der Waals surface area contributed by atoms with Gasteiger partial charge in [-0.05, 0) is 36.8 Å². The molecule has 0 heterocycles. The third-order valence-corrected chi connectivity index (χ3v) is 3.24. The molecule has 0 aliphatic carbocycles. The van der Waals surface area contributed by atoms with Crippen molar-refractivity contribution in [2.75, 3.05) is 11.9 Å². The molecule has 24 heavy (non-hydrogen) atoms. The summed E-state index contributed by atoms with van der Waals surface area (Å²) in [5, 5.41) is 3.10. The Morgan fingerprint density at radius 1 is 1.12 bits per heavy atom. The van der Waals surface area contributed by atoms with Crippen LogP contribution in [0.4, 0.5) is 5.69 Å². The molecular formula is C18H18ClNO4. The van der Waals surface area contributed by atoms with E-state index in [-0.39, 0.29) is 13.0 Å². The van der Waals surface area contributed by atoms with E-state index < -0.39 is 11.9 Å². The van der Waals surface area contributed by atoms with Gasteiger partial charge in [0.2, 0.25) is 0 Å². The van der Waals surface area contributed by atoms with Gasteiger partial charge in [-0.3, -0.25) is 9.59 Å². The summed E-state index contributed by atoms with van der Waals surface area (Å²) in [4.78, 5) is 23.3. The molecule has 0 atom stereocenters. The van der Waals surface area contributed by atoms with Crippen LogP contribution in [0.1, 0.15) is 19.8 Å². The fraction of sp³-hybridized carbons (Fsp3) is 0.222. The van der Waals surface area contributed by atoms with Crippen molar-refractivity contribution < 1.29 is 19.1 Å². The van der Waals surface area contributed by atoms with Crippen molar-refractivity contribution in [2.24, 2.45) is 0 Å². The Balaban J connectivity index is 2.04. The first kappa shape index (κ1) is 17.8. The van der Waals surface area contributed by atoms with Crippen LogP contribution < -0.4 is 10.1 Å². The van der Waals surface area contributed by atoms with Crippen LogP contribution in [0.25, 0.3) is 0 Å². The van der Waals surface area contributed by atoms with Crippen molar-refractivity contribution in [2.45, 2.75) is 19.8 Å². The fourth-order valence-electron chi connectivity index (χ4n) is 1.91. The molecular weight excluding hydrogens is 330 g/mol. The van der Waals surface area contributed by atoms with E-state index in [9.17, 15) is 9.59 Å². The zero-order chi connectivity index (χ0) is 17.4. The third kappa shape index (κ3) is 5.59. The number of halogens is 1. The average Bonchev–Trinajstić information content (AvgIpc) is 2.57. The van der Waals surface area contributed by atoms with Gasteiger partial charge in [-0.25, -0.2) is 0 Å². The molecule has 2 rings (SSSR count). The van der Waals surface area contributed by atoms with Gasteiger partial charge in [0, 0.05) is 11.4 Å². The summed E-state index contributed by atoms with van der Waals surface area (Å²) in [7, 11) is 0. The molecule has 1 amide bonds. The van der Waals surface area contributed by atoms with Gasteiger partial charge >= 0.3 is 5.97 Å². The molecule has 0 radical (unpaired) electrons. The molecule has 2 aromatic rings. The summed E-state index contributed by atoms with van der Waals surface area (Å²) in [6.45, 7) is 1.51. The molecule has 126 valence electrons. The lowest BCUT2D eigenvalue weighted by Gasteiger charge is -2.13. The Labute approximate surface area is 145 Å². The maximum absolute atomic E-state index is 12.0. The monoisotopic (exact) mass is 347 g/mol. The van der Waals surface area contributed by atoms with Gasteiger partial charge in [0.25, 0.3) is 5.91 Å². The van der Waals surface area contributed by atoms with Crippen molar-refractivity contribution in [3.63, 3.8) is 0 Å². The maximum Gasteiger partial charge on any atom is 0.306 e. The second-order valence-electron chi connectivity index (χ2n) is 5.01. The number of rotatable bonds is 7. The van der Waals surface area contributed by atoms with Gasteiger partial charge in [0.05, 0.1) is 5.69 Å². The summed E-state index contributed by atoms with van der Waals surface area (Å²) >= 11 is 5.98. The number of carbonyl (C=O) groups excluding carboxylic acids is 2. The summed E-state index contributed by atoms with van der Waals surface area (Å²) < 4.78 is 10.6. The molecule has 0 aliphatic heterocycles. The minimum Gasteiger partial charge on any atom is -0.456 e. The number of nitrogens with one attached hydrogen (secondary N) is 1. The fourth-order valence-corrected chi connectivity index (χ4v) is 2.09. The molecule has 0 aromatic heterocycles. The summed E-state index contributed by atoms with van der Waals surface area (Å²) in [6.07, 6.45) is 0.955. The van der Waals surface area contributed by atoms with E-state index in [0.29, 0.717) is 28.6 Å². The van der Waals surface area contributed by atoms with Crippen LogP contribution in [0.3, 0.4) is 0 Å². The summed E-state index contributed by atoms with van der Waals surface area (Å²) in [5.74, 6) is 0.211. The van der Waals surface area contributed by atoms with Gasteiger partial charge in [-0.1, -0.05) is 36.7 Å². The second kappa shape index (κ2) is 8.93. The smallest absolute Gasteiger partial charge is 0.306 e. The van der Waals surface area contributed by atoms with Gasteiger partial charge < -0.3 is 14.8 Å². The van der Waals surface area contributed by atoms with Crippen molar-refractivity contribution in [3.8, 4) is 11.5 Å². The minimum absolute atomic E-state index is 0.285. The number of ether oxygens (including phenoxy) is 2. The number of carbonyl (C=O) groups is 2. The largest absolute Gasteiger partial charge is 0.456 e. The van der Waals surface area contributed by atoms with E-state index in [1.807, 2.05) is 25.1 Å². The number of esters is 1. The highest BCUT2D eigenvalue weighted by atomic mass is 35.5. The predicted octanol–water partition coefficient (Wildman–Crippen LogP) is 4.41. The van der Waals surface area contributed by atoms with E-state index in [1.165, 1.54) is 0 Å². The summed E-state index contributed by atoms with van der Waals surface area (Å²) in [6, 6.07) is 14.1. The Hall–Kier alpha value is -2.53. The number of amides is 1. The van der Waals surface area contributed by atoms with Gasteiger partial charge in [0.15, 0.2) is 12.4 Å². The molecule has 5 nitrogen and oxygen atoms in total. The van der Waals surface area contributed by atoms with E-state index in [2.05, 4.69) is 5.32 Å². The molecule has 2 aromatic carbocycles.